The standard InChI is InChI=1S/C20H12N2S/c1-3-7-17-15(6-1)20(22-12-21-17)13-9-10-19-16(11-13)14-5-2-4-8-18(14)23-19/h1-12H. The van der Waals surface area contributed by atoms with Crippen LogP contribution in [0.15, 0.2) is 73.1 Å². The van der Waals surface area contributed by atoms with E-state index < -0.39 is 0 Å². The van der Waals surface area contributed by atoms with Crippen molar-refractivity contribution < 1.29 is 0 Å². The molecular formula is C20H12N2S. The molecule has 108 valence electrons. The highest BCUT2D eigenvalue weighted by Crippen LogP contribution is 2.36. The van der Waals surface area contributed by atoms with Crippen molar-refractivity contribution in [3.8, 4) is 11.3 Å². The van der Waals surface area contributed by atoms with Gasteiger partial charge < -0.3 is 0 Å². The largest absolute Gasteiger partial charge is 0.236 e. The zero-order valence-electron chi connectivity index (χ0n) is 12.2. The maximum absolute atomic E-state index is 4.54. The molecule has 0 unspecified atom stereocenters. The van der Waals surface area contributed by atoms with Gasteiger partial charge in [0.1, 0.15) is 6.33 Å². The van der Waals surface area contributed by atoms with Crippen molar-refractivity contribution in [1.82, 2.24) is 9.97 Å². The van der Waals surface area contributed by atoms with Crippen molar-refractivity contribution in [2.45, 2.75) is 0 Å². The van der Waals surface area contributed by atoms with Crippen LogP contribution in [0.3, 0.4) is 0 Å². The summed E-state index contributed by atoms with van der Waals surface area (Å²) in [5, 5.41) is 3.70. The van der Waals surface area contributed by atoms with Crippen molar-refractivity contribution in [1.29, 1.82) is 0 Å². The van der Waals surface area contributed by atoms with Crippen molar-refractivity contribution in [2.75, 3.05) is 0 Å². The summed E-state index contributed by atoms with van der Waals surface area (Å²) < 4.78 is 2.64. The lowest BCUT2D eigenvalue weighted by atomic mass is 10.0. The molecule has 0 aliphatic rings. The lowest BCUT2D eigenvalue weighted by molar-refractivity contribution is 1.23. The van der Waals surface area contributed by atoms with E-state index in [4.69, 9.17) is 0 Å². The van der Waals surface area contributed by atoms with Gasteiger partial charge in [-0.05, 0) is 24.3 Å². The molecular weight excluding hydrogens is 300 g/mol. The van der Waals surface area contributed by atoms with Crippen LogP contribution in [0.5, 0.6) is 0 Å². The maximum Gasteiger partial charge on any atom is 0.116 e. The fourth-order valence-electron chi connectivity index (χ4n) is 3.11. The normalized spacial score (nSPS) is 11.5. The number of thiophene rings is 1. The molecule has 0 amide bonds. The Morgan fingerprint density at radius 3 is 2.39 bits per heavy atom. The first-order valence-corrected chi connectivity index (χ1v) is 8.33. The number of nitrogens with zero attached hydrogens (tertiary/aromatic N) is 2. The Labute approximate surface area is 137 Å². The van der Waals surface area contributed by atoms with E-state index in [2.05, 4.69) is 58.5 Å². The van der Waals surface area contributed by atoms with Gasteiger partial charge in [-0.2, -0.15) is 0 Å². The first-order chi connectivity index (χ1) is 11.4. The Morgan fingerprint density at radius 1 is 0.652 bits per heavy atom. The van der Waals surface area contributed by atoms with Crippen LogP contribution in [-0.4, -0.2) is 9.97 Å². The van der Waals surface area contributed by atoms with Crippen LogP contribution in [0.1, 0.15) is 0 Å². The predicted molar refractivity (Wildman–Crippen MR) is 97.9 cm³/mol. The number of fused-ring (bicyclic) bond motifs is 4. The number of aromatic nitrogens is 2. The van der Waals surface area contributed by atoms with Gasteiger partial charge in [-0.15, -0.1) is 11.3 Å². The third kappa shape index (κ3) is 1.94. The van der Waals surface area contributed by atoms with Gasteiger partial charge in [-0.3, -0.25) is 0 Å². The number of hydrogen-bond donors (Lipinski definition) is 0. The molecule has 2 heterocycles. The van der Waals surface area contributed by atoms with Crippen LogP contribution in [0.4, 0.5) is 0 Å². The molecule has 0 saturated carbocycles. The lowest BCUT2D eigenvalue weighted by Gasteiger charge is -2.05. The van der Waals surface area contributed by atoms with Crippen molar-refractivity contribution in [2.24, 2.45) is 0 Å². The molecule has 3 aromatic carbocycles. The first kappa shape index (κ1) is 12.7. The fourth-order valence-corrected chi connectivity index (χ4v) is 4.19. The molecule has 0 radical (unpaired) electrons. The molecule has 0 aliphatic heterocycles. The van der Waals surface area contributed by atoms with Gasteiger partial charge in [0.2, 0.25) is 0 Å². The van der Waals surface area contributed by atoms with Crippen LogP contribution < -0.4 is 0 Å². The highest BCUT2D eigenvalue weighted by atomic mass is 32.1. The quantitative estimate of drug-likeness (QED) is 0.399. The fraction of sp³-hybridized carbons (Fsp3) is 0. The predicted octanol–water partition coefficient (Wildman–Crippen LogP) is 5.66. The second-order valence-electron chi connectivity index (χ2n) is 5.55. The van der Waals surface area contributed by atoms with Crippen LogP contribution in [0, 0.1) is 0 Å². The molecule has 0 aliphatic carbocycles. The number of benzene rings is 3. The van der Waals surface area contributed by atoms with Crippen molar-refractivity contribution in [3.63, 3.8) is 0 Å². The van der Waals surface area contributed by atoms with Gasteiger partial charge in [-0.25, -0.2) is 9.97 Å². The zero-order chi connectivity index (χ0) is 15.2. The van der Waals surface area contributed by atoms with E-state index in [0.29, 0.717) is 0 Å². The maximum atomic E-state index is 4.54. The highest BCUT2D eigenvalue weighted by Gasteiger charge is 2.09. The summed E-state index contributed by atoms with van der Waals surface area (Å²) in [5.41, 5.74) is 3.11. The van der Waals surface area contributed by atoms with E-state index in [1.807, 2.05) is 29.5 Å². The molecule has 2 aromatic heterocycles. The Balaban J connectivity index is 1.84. The lowest BCUT2D eigenvalue weighted by Crippen LogP contribution is -1.88. The Bertz CT molecular complexity index is 1170. The van der Waals surface area contributed by atoms with Gasteiger partial charge in [-0.1, -0.05) is 42.5 Å². The Morgan fingerprint density at radius 2 is 1.43 bits per heavy atom. The van der Waals surface area contributed by atoms with Crippen molar-refractivity contribution >= 4 is 42.4 Å². The smallest absolute Gasteiger partial charge is 0.116 e. The third-order valence-electron chi connectivity index (χ3n) is 4.19. The van der Waals surface area contributed by atoms with E-state index in [1.54, 1.807) is 6.33 Å². The molecule has 0 atom stereocenters. The highest BCUT2D eigenvalue weighted by molar-refractivity contribution is 7.25. The van der Waals surface area contributed by atoms with Gasteiger partial charge >= 0.3 is 0 Å². The summed E-state index contributed by atoms with van der Waals surface area (Å²) in [4.78, 5) is 8.90. The van der Waals surface area contributed by atoms with Gasteiger partial charge in [0.25, 0.3) is 0 Å². The average Bonchev–Trinajstić information content (AvgIpc) is 2.99. The van der Waals surface area contributed by atoms with Crippen molar-refractivity contribution in [3.05, 3.63) is 73.1 Å². The number of rotatable bonds is 1. The molecule has 2 nitrogen and oxygen atoms in total. The monoisotopic (exact) mass is 312 g/mol. The SMILES string of the molecule is c1ccc2c(-c3ccc4sc5ccccc5c4c3)ncnc2c1. The van der Waals surface area contributed by atoms with Crippen LogP contribution in [0.25, 0.3) is 42.3 Å². The molecule has 0 saturated heterocycles. The molecule has 23 heavy (non-hydrogen) atoms. The van der Waals surface area contributed by atoms with Gasteiger partial charge in [0.15, 0.2) is 0 Å². The van der Waals surface area contributed by atoms with E-state index in [-0.39, 0.29) is 0 Å². The zero-order valence-corrected chi connectivity index (χ0v) is 13.0. The second-order valence-corrected chi connectivity index (χ2v) is 6.63. The second kappa shape index (κ2) is 4.86. The van der Waals surface area contributed by atoms with E-state index in [1.165, 1.54) is 20.2 Å². The summed E-state index contributed by atoms with van der Waals surface area (Å²) in [7, 11) is 0. The molecule has 5 rings (SSSR count). The minimum atomic E-state index is 0.979. The molecule has 3 heteroatoms. The van der Waals surface area contributed by atoms with E-state index in [0.717, 1.165) is 22.2 Å². The topological polar surface area (TPSA) is 25.8 Å². The average molecular weight is 312 g/mol. The van der Waals surface area contributed by atoms with Gasteiger partial charge in [0.05, 0.1) is 11.2 Å². The summed E-state index contributed by atoms with van der Waals surface area (Å²) in [6, 6.07) is 23.3. The van der Waals surface area contributed by atoms with Crippen LogP contribution in [0.2, 0.25) is 0 Å². The molecule has 5 aromatic rings. The van der Waals surface area contributed by atoms with E-state index >= 15 is 0 Å². The molecule has 0 N–H and O–H groups in total. The first-order valence-electron chi connectivity index (χ1n) is 7.51. The van der Waals surface area contributed by atoms with Gasteiger partial charge in [0, 0.05) is 31.1 Å². The van der Waals surface area contributed by atoms with Crippen LogP contribution in [-0.2, 0) is 0 Å². The molecule has 0 fully saturated rings. The Hall–Kier alpha value is -2.78. The Kier molecular flexibility index (Phi) is 2.69. The number of para-hydroxylation sites is 1. The summed E-state index contributed by atoms with van der Waals surface area (Å²) in [6.07, 6.45) is 1.65. The summed E-state index contributed by atoms with van der Waals surface area (Å²) in [5.74, 6) is 0. The minimum absolute atomic E-state index is 0.979. The van der Waals surface area contributed by atoms with Crippen LogP contribution >= 0.6 is 11.3 Å². The van der Waals surface area contributed by atoms with E-state index in [9.17, 15) is 0 Å². The summed E-state index contributed by atoms with van der Waals surface area (Å²) >= 11 is 1.84. The molecule has 0 bridgehead atoms. The summed E-state index contributed by atoms with van der Waals surface area (Å²) in [6.45, 7) is 0. The number of hydrogen-bond acceptors (Lipinski definition) is 3. The minimum Gasteiger partial charge on any atom is -0.236 e. The third-order valence-corrected chi connectivity index (χ3v) is 5.34. The molecule has 0 spiro atoms.